The van der Waals surface area contributed by atoms with Gasteiger partial charge >= 0.3 is 5.97 Å². The number of hydrogen-bond acceptors (Lipinski definition) is 4. The fourth-order valence-corrected chi connectivity index (χ4v) is 1.72. The molecule has 0 saturated carbocycles. The predicted molar refractivity (Wildman–Crippen MR) is 62.1 cm³/mol. The van der Waals surface area contributed by atoms with E-state index in [1.165, 1.54) is 0 Å². The lowest BCUT2D eigenvalue weighted by atomic mass is 10.1. The summed E-state index contributed by atoms with van der Waals surface area (Å²) in [5, 5.41) is 11.2. The summed E-state index contributed by atoms with van der Waals surface area (Å²) in [6.07, 6.45) is 0.863. The van der Waals surface area contributed by atoms with E-state index in [-0.39, 0.29) is 12.5 Å². The Labute approximate surface area is 104 Å². The maximum atomic E-state index is 11.6. The van der Waals surface area contributed by atoms with E-state index in [4.69, 9.17) is 10.00 Å². The molecule has 0 radical (unpaired) electrons. The van der Waals surface area contributed by atoms with Gasteiger partial charge in [0.2, 0.25) is 5.91 Å². The van der Waals surface area contributed by atoms with E-state index in [2.05, 4.69) is 5.32 Å². The molecule has 5 heteroatoms. The maximum Gasteiger partial charge on any atom is 0.328 e. The summed E-state index contributed by atoms with van der Waals surface area (Å²) in [7, 11) is 0. The molecule has 1 heterocycles. The molecule has 1 aromatic carbocycles. The van der Waals surface area contributed by atoms with E-state index in [1.54, 1.807) is 24.3 Å². The minimum Gasteiger partial charge on any atom is -0.459 e. The van der Waals surface area contributed by atoms with Crippen molar-refractivity contribution in [3.8, 4) is 6.07 Å². The zero-order chi connectivity index (χ0) is 13.0. The maximum absolute atomic E-state index is 11.6. The summed E-state index contributed by atoms with van der Waals surface area (Å²) < 4.78 is 5.10. The predicted octanol–water partition coefficient (Wildman–Crippen LogP) is 0.880. The van der Waals surface area contributed by atoms with Gasteiger partial charge in [-0.1, -0.05) is 12.1 Å². The Morgan fingerprint density at radius 1 is 1.44 bits per heavy atom. The topological polar surface area (TPSA) is 79.2 Å². The number of nitriles is 1. The Morgan fingerprint density at radius 2 is 2.17 bits per heavy atom. The van der Waals surface area contributed by atoms with Gasteiger partial charge in [0.05, 0.1) is 11.6 Å². The second-order valence-corrected chi connectivity index (χ2v) is 4.08. The Bertz CT molecular complexity index is 502. The van der Waals surface area contributed by atoms with Crippen LogP contribution in [-0.2, 0) is 20.9 Å². The molecule has 18 heavy (non-hydrogen) atoms. The quantitative estimate of drug-likeness (QED) is 0.800. The largest absolute Gasteiger partial charge is 0.459 e. The monoisotopic (exact) mass is 244 g/mol. The van der Waals surface area contributed by atoms with Gasteiger partial charge in [-0.25, -0.2) is 4.79 Å². The molecule has 1 fully saturated rings. The first-order chi connectivity index (χ1) is 8.69. The van der Waals surface area contributed by atoms with Crippen molar-refractivity contribution >= 4 is 11.9 Å². The van der Waals surface area contributed by atoms with Gasteiger partial charge in [0.1, 0.15) is 12.6 Å². The van der Waals surface area contributed by atoms with E-state index in [0.717, 1.165) is 5.56 Å². The lowest BCUT2D eigenvalue weighted by Crippen LogP contribution is -2.34. The Balaban J connectivity index is 1.85. The summed E-state index contributed by atoms with van der Waals surface area (Å²) in [4.78, 5) is 22.6. The van der Waals surface area contributed by atoms with E-state index in [1.807, 2.05) is 6.07 Å². The lowest BCUT2D eigenvalue weighted by Gasteiger charge is -2.10. The average Bonchev–Trinajstić information content (AvgIpc) is 2.83. The second kappa shape index (κ2) is 5.32. The van der Waals surface area contributed by atoms with Crippen molar-refractivity contribution in [2.24, 2.45) is 0 Å². The summed E-state index contributed by atoms with van der Waals surface area (Å²) in [6.45, 7) is 0.150. The van der Waals surface area contributed by atoms with Crippen LogP contribution in [0.3, 0.4) is 0 Å². The van der Waals surface area contributed by atoms with Crippen molar-refractivity contribution in [1.29, 1.82) is 5.26 Å². The van der Waals surface area contributed by atoms with Crippen molar-refractivity contribution in [2.45, 2.75) is 25.5 Å². The Morgan fingerprint density at radius 3 is 2.72 bits per heavy atom. The van der Waals surface area contributed by atoms with Crippen molar-refractivity contribution in [1.82, 2.24) is 5.32 Å². The van der Waals surface area contributed by atoms with Crippen LogP contribution in [0.5, 0.6) is 0 Å². The van der Waals surface area contributed by atoms with Crippen LogP contribution in [0, 0.1) is 11.3 Å². The third kappa shape index (κ3) is 2.86. The van der Waals surface area contributed by atoms with Crippen LogP contribution in [-0.4, -0.2) is 17.9 Å². The smallest absolute Gasteiger partial charge is 0.328 e. The zero-order valence-corrected chi connectivity index (χ0v) is 9.68. The normalized spacial score (nSPS) is 17.9. The number of hydrogen-bond donors (Lipinski definition) is 1. The standard InChI is InChI=1S/C13H12N2O3/c14-7-9-1-3-10(4-2-9)8-18-13(17)11-5-6-12(16)15-11/h1-4,11H,5-6,8H2,(H,15,16). The first kappa shape index (κ1) is 12.1. The van der Waals surface area contributed by atoms with E-state index in [0.29, 0.717) is 18.4 Å². The molecule has 0 aromatic heterocycles. The molecule has 0 aliphatic carbocycles. The molecule has 1 aliphatic heterocycles. The number of ether oxygens (including phenoxy) is 1. The van der Waals surface area contributed by atoms with Crippen LogP contribution >= 0.6 is 0 Å². The van der Waals surface area contributed by atoms with Crippen LogP contribution < -0.4 is 5.32 Å². The molecule has 1 unspecified atom stereocenters. The van der Waals surface area contributed by atoms with Gasteiger partial charge < -0.3 is 10.1 Å². The first-order valence-corrected chi connectivity index (χ1v) is 5.64. The Kier molecular flexibility index (Phi) is 3.58. The van der Waals surface area contributed by atoms with Crippen LogP contribution in [0.15, 0.2) is 24.3 Å². The number of esters is 1. The van der Waals surface area contributed by atoms with Gasteiger partial charge in [-0.3, -0.25) is 4.79 Å². The molecule has 1 atom stereocenters. The molecule has 1 amide bonds. The molecule has 1 saturated heterocycles. The molecular weight excluding hydrogens is 232 g/mol. The lowest BCUT2D eigenvalue weighted by molar-refractivity contribution is -0.147. The van der Waals surface area contributed by atoms with Gasteiger partial charge in [-0.15, -0.1) is 0 Å². The van der Waals surface area contributed by atoms with Gasteiger partial charge in [-0.05, 0) is 24.1 Å². The minimum atomic E-state index is -0.518. The molecule has 1 N–H and O–H groups in total. The Hall–Kier alpha value is -2.35. The number of benzene rings is 1. The highest BCUT2D eigenvalue weighted by Crippen LogP contribution is 2.10. The van der Waals surface area contributed by atoms with Gasteiger partial charge in [0, 0.05) is 6.42 Å². The van der Waals surface area contributed by atoms with Crippen molar-refractivity contribution in [2.75, 3.05) is 0 Å². The zero-order valence-electron chi connectivity index (χ0n) is 9.68. The fraction of sp³-hybridized carbons (Fsp3) is 0.308. The molecule has 0 bridgehead atoms. The van der Waals surface area contributed by atoms with Crippen LogP contribution in [0.1, 0.15) is 24.0 Å². The van der Waals surface area contributed by atoms with E-state index < -0.39 is 12.0 Å². The second-order valence-electron chi connectivity index (χ2n) is 4.08. The van der Waals surface area contributed by atoms with Crippen LogP contribution in [0.2, 0.25) is 0 Å². The number of nitrogens with one attached hydrogen (secondary N) is 1. The summed E-state index contributed by atoms with van der Waals surface area (Å²) >= 11 is 0. The van der Waals surface area contributed by atoms with Crippen molar-refractivity contribution in [3.05, 3.63) is 35.4 Å². The average molecular weight is 244 g/mol. The number of carbonyl (C=O) groups is 2. The molecule has 1 aromatic rings. The van der Waals surface area contributed by atoms with E-state index in [9.17, 15) is 9.59 Å². The molecule has 2 rings (SSSR count). The number of rotatable bonds is 3. The van der Waals surface area contributed by atoms with Gasteiger partial charge in [0.25, 0.3) is 0 Å². The third-order valence-electron chi connectivity index (χ3n) is 2.74. The number of carbonyl (C=O) groups excluding carboxylic acids is 2. The highest BCUT2D eigenvalue weighted by atomic mass is 16.5. The highest BCUT2D eigenvalue weighted by Gasteiger charge is 2.28. The molecule has 5 nitrogen and oxygen atoms in total. The fourth-order valence-electron chi connectivity index (χ4n) is 1.72. The van der Waals surface area contributed by atoms with Crippen molar-refractivity contribution < 1.29 is 14.3 Å². The summed E-state index contributed by atoms with van der Waals surface area (Å²) in [5.74, 6) is -0.527. The highest BCUT2D eigenvalue weighted by molar-refractivity contribution is 5.88. The SMILES string of the molecule is N#Cc1ccc(COC(=O)C2CCC(=O)N2)cc1. The number of amides is 1. The summed E-state index contributed by atoms with van der Waals surface area (Å²) in [5.41, 5.74) is 1.37. The van der Waals surface area contributed by atoms with Gasteiger partial charge in [0.15, 0.2) is 0 Å². The molecule has 92 valence electrons. The van der Waals surface area contributed by atoms with E-state index >= 15 is 0 Å². The third-order valence-corrected chi connectivity index (χ3v) is 2.74. The molecule has 1 aliphatic rings. The first-order valence-electron chi connectivity index (χ1n) is 5.64. The number of nitrogens with zero attached hydrogens (tertiary/aromatic N) is 1. The van der Waals surface area contributed by atoms with Gasteiger partial charge in [-0.2, -0.15) is 5.26 Å². The van der Waals surface area contributed by atoms with Crippen LogP contribution in [0.25, 0.3) is 0 Å². The van der Waals surface area contributed by atoms with Crippen LogP contribution in [0.4, 0.5) is 0 Å². The summed E-state index contributed by atoms with van der Waals surface area (Å²) in [6, 6.07) is 8.30. The minimum absolute atomic E-state index is 0.115. The van der Waals surface area contributed by atoms with Crippen molar-refractivity contribution in [3.63, 3.8) is 0 Å². The molecule has 0 spiro atoms. The molecular formula is C13H12N2O3.